The van der Waals surface area contributed by atoms with Crippen LogP contribution >= 0.6 is 0 Å². The summed E-state index contributed by atoms with van der Waals surface area (Å²) in [4.78, 5) is 26.4. The third kappa shape index (κ3) is 7.71. The Labute approximate surface area is 239 Å². The highest BCUT2D eigenvalue weighted by atomic mass is 16.7. The molecule has 4 rings (SSSR count). The van der Waals surface area contributed by atoms with Gasteiger partial charge in [0, 0.05) is 13.1 Å². The molecular formula is C30H46BNO8. The van der Waals surface area contributed by atoms with Crippen LogP contribution in [0.5, 0.6) is 11.5 Å². The summed E-state index contributed by atoms with van der Waals surface area (Å²) in [6, 6.07) is 3.57. The number of benzene rings is 1. The van der Waals surface area contributed by atoms with E-state index in [2.05, 4.69) is 26.1 Å². The van der Waals surface area contributed by atoms with Gasteiger partial charge in [-0.05, 0) is 97.5 Å². The van der Waals surface area contributed by atoms with Gasteiger partial charge in [-0.25, -0.2) is 9.59 Å². The van der Waals surface area contributed by atoms with E-state index in [9.17, 15) is 9.59 Å². The number of nitrogens with one attached hydrogen (secondary N) is 1. The maximum absolute atomic E-state index is 13.5. The van der Waals surface area contributed by atoms with E-state index in [1.54, 1.807) is 47.6 Å². The zero-order chi connectivity index (χ0) is 29.5. The second kappa shape index (κ2) is 11.2. The SMILES string of the molecule is CC1(C)CCC2OB(CCc3ccc(OC4CNC4)c(C(=O)OC(C)(C)C)c3OC(=O)OC(C)(C)C)OC2(C)C1. The molecule has 0 spiro atoms. The van der Waals surface area contributed by atoms with Gasteiger partial charge < -0.3 is 33.6 Å². The molecule has 1 aromatic rings. The standard InChI is InChI=1S/C30H46BNO8/c1-27(2,3)37-25(33)23-21(35-20-16-32-17-20)11-10-19(24(23)36-26(34)38-28(4,5)6)13-15-31-39-22-12-14-29(7,8)18-30(22,9)40-31/h10-11,20,22,32H,12-18H2,1-9H3. The predicted octanol–water partition coefficient (Wildman–Crippen LogP) is 5.72. The van der Waals surface area contributed by atoms with Crippen LogP contribution in [0, 0.1) is 5.41 Å². The molecule has 0 radical (unpaired) electrons. The predicted molar refractivity (Wildman–Crippen MR) is 152 cm³/mol. The first-order chi connectivity index (χ1) is 18.4. The second-order valence-corrected chi connectivity index (χ2v) is 14.3. The molecule has 3 fully saturated rings. The maximum atomic E-state index is 13.5. The molecule has 40 heavy (non-hydrogen) atoms. The molecule has 0 amide bonds. The lowest BCUT2D eigenvalue weighted by Crippen LogP contribution is -2.50. The summed E-state index contributed by atoms with van der Waals surface area (Å²) in [5, 5.41) is 3.16. The van der Waals surface area contributed by atoms with Gasteiger partial charge in [-0.3, -0.25) is 0 Å². The summed E-state index contributed by atoms with van der Waals surface area (Å²) in [5.41, 5.74) is -0.972. The van der Waals surface area contributed by atoms with Crippen molar-refractivity contribution in [3.05, 3.63) is 23.3 Å². The van der Waals surface area contributed by atoms with Gasteiger partial charge in [-0.2, -0.15) is 0 Å². The van der Waals surface area contributed by atoms with Crippen molar-refractivity contribution in [3.8, 4) is 11.5 Å². The van der Waals surface area contributed by atoms with Crippen LogP contribution < -0.4 is 14.8 Å². The van der Waals surface area contributed by atoms with E-state index < -0.39 is 30.4 Å². The van der Waals surface area contributed by atoms with Crippen molar-refractivity contribution in [1.82, 2.24) is 5.32 Å². The van der Waals surface area contributed by atoms with Gasteiger partial charge >= 0.3 is 19.2 Å². The van der Waals surface area contributed by atoms with Crippen molar-refractivity contribution in [1.29, 1.82) is 0 Å². The van der Waals surface area contributed by atoms with Crippen LogP contribution in [0.2, 0.25) is 6.32 Å². The Morgan fingerprint density at radius 1 is 1.05 bits per heavy atom. The van der Waals surface area contributed by atoms with Crippen molar-refractivity contribution in [2.45, 2.75) is 123 Å². The summed E-state index contributed by atoms with van der Waals surface area (Å²) in [6.07, 6.45) is 2.98. The van der Waals surface area contributed by atoms with Crippen LogP contribution in [0.25, 0.3) is 0 Å². The molecule has 1 saturated carbocycles. The van der Waals surface area contributed by atoms with E-state index in [0.717, 1.165) is 19.3 Å². The first-order valence-electron chi connectivity index (χ1n) is 14.4. The number of carbonyl (C=O) groups excluding carboxylic acids is 2. The average Bonchev–Trinajstić information content (AvgIpc) is 3.06. The highest BCUT2D eigenvalue weighted by Gasteiger charge is 2.53. The monoisotopic (exact) mass is 559 g/mol. The molecule has 0 bridgehead atoms. The van der Waals surface area contributed by atoms with Gasteiger partial charge in [0.05, 0.1) is 11.7 Å². The highest BCUT2D eigenvalue weighted by molar-refractivity contribution is 6.45. The summed E-state index contributed by atoms with van der Waals surface area (Å²) in [7, 11) is -0.403. The van der Waals surface area contributed by atoms with E-state index in [1.807, 2.05) is 6.07 Å². The Balaban J connectivity index is 1.63. The minimum atomic E-state index is -0.907. The number of hydrogen-bond donors (Lipinski definition) is 1. The smallest absolute Gasteiger partial charge is 0.487 e. The quantitative estimate of drug-likeness (QED) is 0.255. The Morgan fingerprint density at radius 3 is 2.33 bits per heavy atom. The lowest BCUT2D eigenvalue weighted by Gasteiger charge is -2.43. The zero-order valence-corrected chi connectivity index (χ0v) is 25.6. The molecule has 1 aromatic carbocycles. The Bertz CT molecular complexity index is 1100. The third-order valence-corrected chi connectivity index (χ3v) is 7.38. The van der Waals surface area contributed by atoms with Crippen LogP contribution in [-0.2, 0) is 25.2 Å². The molecule has 9 nitrogen and oxygen atoms in total. The minimum absolute atomic E-state index is 0.0483. The van der Waals surface area contributed by atoms with Gasteiger partial charge in [0.25, 0.3) is 0 Å². The first kappa shape index (κ1) is 30.7. The summed E-state index contributed by atoms with van der Waals surface area (Å²) < 4.78 is 35.9. The fourth-order valence-electron chi connectivity index (χ4n) is 5.64. The Kier molecular flexibility index (Phi) is 8.57. The number of ether oxygens (including phenoxy) is 4. The fraction of sp³-hybridized carbons (Fsp3) is 0.733. The normalized spacial score (nSPS) is 24.6. The van der Waals surface area contributed by atoms with Crippen LogP contribution in [0.4, 0.5) is 4.79 Å². The maximum Gasteiger partial charge on any atom is 0.514 e. The molecule has 2 aliphatic heterocycles. The molecular weight excluding hydrogens is 513 g/mol. The molecule has 10 heteroatoms. The van der Waals surface area contributed by atoms with Crippen molar-refractivity contribution in [2.75, 3.05) is 13.1 Å². The van der Waals surface area contributed by atoms with Crippen LogP contribution in [0.1, 0.15) is 97.5 Å². The van der Waals surface area contributed by atoms with Gasteiger partial charge in [-0.1, -0.05) is 19.9 Å². The molecule has 1 aliphatic carbocycles. The number of rotatable bonds is 7. The van der Waals surface area contributed by atoms with Crippen LogP contribution in [-0.4, -0.2) is 61.3 Å². The molecule has 2 atom stereocenters. The van der Waals surface area contributed by atoms with Crippen molar-refractivity contribution < 1.29 is 37.8 Å². The average molecular weight is 560 g/mol. The number of carbonyl (C=O) groups is 2. The fourth-order valence-corrected chi connectivity index (χ4v) is 5.64. The first-order valence-corrected chi connectivity index (χ1v) is 14.4. The summed E-state index contributed by atoms with van der Waals surface area (Å²) >= 11 is 0. The highest BCUT2D eigenvalue weighted by Crippen LogP contribution is 2.48. The molecule has 2 unspecified atom stereocenters. The molecule has 2 saturated heterocycles. The van der Waals surface area contributed by atoms with E-state index in [4.69, 9.17) is 28.3 Å². The minimum Gasteiger partial charge on any atom is -0.487 e. The van der Waals surface area contributed by atoms with Gasteiger partial charge in [0.15, 0.2) is 5.75 Å². The molecule has 2 heterocycles. The number of hydrogen-bond acceptors (Lipinski definition) is 9. The molecule has 1 N–H and O–H groups in total. The van der Waals surface area contributed by atoms with Crippen molar-refractivity contribution in [3.63, 3.8) is 0 Å². The molecule has 0 aromatic heterocycles. The summed E-state index contributed by atoms with van der Waals surface area (Å²) in [6.45, 7) is 18.6. The Morgan fingerprint density at radius 2 is 1.73 bits per heavy atom. The molecule has 3 aliphatic rings. The van der Waals surface area contributed by atoms with Crippen LogP contribution in [0.3, 0.4) is 0 Å². The molecule has 222 valence electrons. The lowest BCUT2D eigenvalue weighted by atomic mass is 9.69. The van der Waals surface area contributed by atoms with E-state index in [0.29, 0.717) is 37.1 Å². The lowest BCUT2D eigenvalue weighted by molar-refractivity contribution is -0.0297. The van der Waals surface area contributed by atoms with Crippen molar-refractivity contribution in [2.24, 2.45) is 5.41 Å². The van der Waals surface area contributed by atoms with Gasteiger partial charge in [0.1, 0.15) is 28.6 Å². The Hall–Kier alpha value is -2.30. The third-order valence-electron chi connectivity index (χ3n) is 7.38. The number of fused-ring (bicyclic) bond motifs is 1. The van der Waals surface area contributed by atoms with E-state index >= 15 is 0 Å². The van der Waals surface area contributed by atoms with Crippen LogP contribution in [0.15, 0.2) is 12.1 Å². The second-order valence-electron chi connectivity index (χ2n) is 14.3. The largest absolute Gasteiger partial charge is 0.514 e. The van der Waals surface area contributed by atoms with E-state index in [-0.39, 0.29) is 34.5 Å². The topological polar surface area (TPSA) is 102 Å². The van der Waals surface area contributed by atoms with Crippen molar-refractivity contribution >= 4 is 19.2 Å². The summed E-state index contributed by atoms with van der Waals surface area (Å²) in [5.74, 6) is -0.252. The van der Waals surface area contributed by atoms with Gasteiger partial charge in [0.2, 0.25) is 0 Å². The zero-order valence-electron chi connectivity index (χ0n) is 25.6. The van der Waals surface area contributed by atoms with Gasteiger partial charge in [-0.15, -0.1) is 0 Å². The number of esters is 1. The number of aryl methyl sites for hydroxylation is 1. The van der Waals surface area contributed by atoms with E-state index in [1.165, 1.54) is 0 Å².